The van der Waals surface area contributed by atoms with E-state index in [1.165, 1.54) is 6.07 Å². The van der Waals surface area contributed by atoms with Gasteiger partial charge in [-0.15, -0.1) is 0 Å². The third kappa shape index (κ3) is 3.63. The summed E-state index contributed by atoms with van der Waals surface area (Å²) in [6, 6.07) is 1.86. The van der Waals surface area contributed by atoms with Crippen LogP contribution < -0.4 is 10.6 Å². The molecule has 1 atom stereocenters. The Bertz CT molecular complexity index is 604. The van der Waals surface area contributed by atoms with Crippen LogP contribution in [-0.4, -0.2) is 32.0 Å². The van der Waals surface area contributed by atoms with Crippen LogP contribution in [0.2, 0.25) is 0 Å². The minimum Gasteiger partial charge on any atom is -0.334 e. The Morgan fingerprint density at radius 3 is 2.58 bits per heavy atom. The SMILES string of the molecule is O=C(Nc1ccc(F)c(F)c1)NC1CCS(=O)(=O)C1. The number of hydrogen-bond acceptors (Lipinski definition) is 3. The second kappa shape index (κ2) is 5.12. The first-order valence-electron chi connectivity index (χ1n) is 5.59. The predicted molar refractivity (Wildman–Crippen MR) is 65.6 cm³/mol. The van der Waals surface area contributed by atoms with Gasteiger partial charge >= 0.3 is 6.03 Å². The van der Waals surface area contributed by atoms with E-state index in [4.69, 9.17) is 0 Å². The average Bonchev–Trinajstić information content (AvgIpc) is 2.63. The molecule has 1 heterocycles. The highest BCUT2D eigenvalue weighted by Gasteiger charge is 2.28. The zero-order valence-corrected chi connectivity index (χ0v) is 10.6. The van der Waals surface area contributed by atoms with Gasteiger partial charge in [0.05, 0.1) is 11.5 Å². The van der Waals surface area contributed by atoms with Crippen LogP contribution in [0.3, 0.4) is 0 Å². The summed E-state index contributed by atoms with van der Waals surface area (Å²) in [6.07, 6.45) is 0.355. The molecule has 1 aliphatic rings. The minimum absolute atomic E-state index is 0.0448. The molecule has 5 nitrogen and oxygen atoms in total. The van der Waals surface area contributed by atoms with E-state index in [2.05, 4.69) is 10.6 Å². The van der Waals surface area contributed by atoms with Crippen LogP contribution in [0.15, 0.2) is 18.2 Å². The molecule has 1 saturated heterocycles. The van der Waals surface area contributed by atoms with E-state index in [1.807, 2.05) is 0 Å². The van der Waals surface area contributed by atoms with Crippen LogP contribution in [0.4, 0.5) is 19.3 Å². The Hall–Kier alpha value is -1.70. The van der Waals surface area contributed by atoms with Crippen molar-refractivity contribution in [2.24, 2.45) is 0 Å². The van der Waals surface area contributed by atoms with Gasteiger partial charge < -0.3 is 10.6 Å². The fourth-order valence-corrected chi connectivity index (χ4v) is 3.51. The van der Waals surface area contributed by atoms with Gasteiger partial charge in [-0.05, 0) is 18.6 Å². The van der Waals surface area contributed by atoms with E-state index in [0.717, 1.165) is 12.1 Å². The number of sulfone groups is 1. The highest BCUT2D eigenvalue weighted by atomic mass is 32.2. The van der Waals surface area contributed by atoms with E-state index in [1.54, 1.807) is 0 Å². The lowest BCUT2D eigenvalue weighted by Crippen LogP contribution is -2.38. The summed E-state index contributed by atoms with van der Waals surface area (Å²) in [5.74, 6) is -2.13. The number of halogens is 2. The van der Waals surface area contributed by atoms with Crippen LogP contribution in [0.1, 0.15) is 6.42 Å². The molecule has 1 fully saturated rings. The molecular formula is C11H12F2N2O3S. The number of anilines is 1. The molecule has 1 aromatic carbocycles. The lowest BCUT2D eigenvalue weighted by molar-refractivity contribution is 0.249. The van der Waals surface area contributed by atoms with E-state index in [9.17, 15) is 22.0 Å². The lowest BCUT2D eigenvalue weighted by Gasteiger charge is -2.12. The summed E-state index contributed by atoms with van der Waals surface area (Å²) in [7, 11) is -3.08. The average molecular weight is 290 g/mol. The Labute approximate surface area is 108 Å². The van der Waals surface area contributed by atoms with Crippen molar-refractivity contribution < 1.29 is 22.0 Å². The quantitative estimate of drug-likeness (QED) is 0.861. The third-order valence-corrected chi connectivity index (χ3v) is 4.51. The Morgan fingerprint density at radius 1 is 1.26 bits per heavy atom. The first-order chi connectivity index (χ1) is 8.85. The van der Waals surface area contributed by atoms with E-state index in [-0.39, 0.29) is 17.2 Å². The molecule has 0 aromatic heterocycles. The number of nitrogens with one attached hydrogen (secondary N) is 2. The molecule has 2 rings (SSSR count). The molecule has 0 bridgehead atoms. The van der Waals surface area contributed by atoms with Crippen LogP contribution in [0, 0.1) is 11.6 Å². The molecule has 104 valence electrons. The number of amides is 2. The molecular weight excluding hydrogens is 278 g/mol. The topological polar surface area (TPSA) is 75.3 Å². The normalized spacial score (nSPS) is 21.1. The molecule has 2 N–H and O–H groups in total. The van der Waals surface area contributed by atoms with E-state index >= 15 is 0 Å². The van der Waals surface area contributed by atoms with Crippen LogP contribution >= 0.6 is 0 Å². The maximum Gasteiger partial charge on any atom is 0.319 e. The van der Waals surface area contributed by atoms with Gasteiger partial charge in [-0.2, -0.15) is 0 Å². The van der Waals surface area contributed by atoms with Crippen LogP contribution in [-0.2, 0) is 9.84 Å². The molecule has 8 heteroatoms. The fraction of sp³-hybridized carbons (Fsp3) is 0.364. The monoisotopic (exact) mass is 290 g/mol. The molecule has 1 aromatic rings. The zero-order valence-electron chi connectivity index (χ0n) is 9.82. The van der Waals surface area contributed by atoms with Gasteiger partial charge in [0.2, 0.25) is 0 Å². The van der Waals surface area contributed by atoms with Gasteiger partial charge in [-0.3, -0.25) is 0 Å². The molecule has 0 saturated carbocycles. The number of carbonyl (C=O) groups excluding carboxylic acids is 1. The summed E-state index contributed by atoms with van der Waals surface area (Å²) < 4.78 is 48.0. The summed E-state index contributed by atoms with van der Waals surface area (Å²) >= 11 is 0. The van der Waals surface area contributed by atoms with Gasteiger partial charge in [0.15, 0.2) is 21.5 Å². The minimum atomic E-state index is -3.08. The van der Waals surface area contributed by atoms with Crippen molar-refractivity contribution >= 4 is 21.6 Å². The molecule has 0 aliphatic carbocycles. The Kier molecular flexibility index (Phi) is 3.70. The standard InChI is InChI=1S/C11H12F2N2O3S/c12-9-2-1-7(5-10(9)13)14-11(16)15-8-3-4-19(17,18)6-8/h1-2,5,8H,3-4,6H2,(H2,14,15,16). The number of urea groups is 1. The van der Waals surface area contributed by atoms with Crippen molar-refractivity contribution in [2.45, 2.75) is 12.5 Å². The maximum absolute atomic E-state index is 12.9. The summed E-state index contributed by atoms with van der Waals surface area (Å²) in [4.78, 5) is 11.5. The van der Waals surface area contributed by atoms with Crippen molar-refractivity contribution in [1.29, 1.82) is 0 Å². The third-order valence-electron chi connectivity index (χ3n) is 2.75. The van der Waals surface area contributed by atoms with Crippen molar-refractivity contribution in [3.63, 3.8) is 0 Å². The van der Waals surface area contributed by atoms with Crippen molar-refractivity contribution in [3.05, 3.63) is 29.8 Å². The lowest BCUT2D eigenvalue weighted by atomic mass is 10.2. The van der Waals surface area contributed by atoms with Gasteiger partial charge in [0.1, 0.15) is 0 Å². The Balaban J connectivity index is 1.93. The van der Waals surface area contributed by atoms with Crippen molar-refractivity contribution in [3.8, 4) is 0 Å². The highest BCUT2D eigenvalue weighted by Crippen LogP contribution is 2.14. The first kappa shape index (κ1) is 13.7. The van der Waals surface area contributed by atoms with Crippen LogP contribution in [0.25, 0.3) is 0 Å². The summed E-state index contributed by atoms with van der Waals surface area (Å²) in [5, 5.41) is 4.78. The zero-order chi connectivity index (χ0) is 14.0. The summed E-state index contributed by atoms with van der Waals surface area (Å²) in [5.41, 5.74) is 0.0947. The number of benzene rings is 1. The second-order valence-corrected chi connectivity index (χ2v) is 6.56. The molecule has 1 unspecified atom stereocenters. The van der Waals surface area contributed by atoms with Gasteiger partial charge in [0.25, 0.3) is 0 Å². The van der Waals surface area contributed by atoms with Gasteiger partial charge in [0, 0.05) is 17.8 Å². The smallest absolute Gasteiger partial charge is 0.319 e. The number of carbonyl (C=O) groups is 1. The first-order valence-corrected chi connectivity index (χ1v) is 7.41. The largest absolute Gasteiger partial charge is 0.334 e. The molecule has 2 amide bonds. The van der Waals surface area contributed by atoms with E-state index < -0.39 is 33.5 Å². The maximum atomic E-state index is 12.9. The Morgan fingerprint density at radius 2 is 2.00 bits per heavy atom. The van der Waals surface area contributed by atoms with Crippen molar-refractivity contribution in [2.75, 3.05) is 16.8 Å². The number of hydrogen-bond donors (Lipinski definition) is 2. The van der Waals surface area contributed by atoms with Gasteiger partial charge in [-0.25, -0.2) is 22.0 Å². The molecule has 1 aliphatic heterocycles. The van der Waals surface area contributed by atoms with E-state index in [0.29, 0.717) is 6.42 Å². The van der Waals surface area contributed by atoms with Crippen molar-refractivity contribution in [1.82, 2.24) is 5.32 Å². The molecule has 19 heavy (non-hydrogen) atoms. The van der Waals surface area contributed by atoms with Crippen LogP contribution in [0.5, 0.6) is 0 Å². The predicted octanol–water partition coefficient (Wildman–Crippen LogP) is 1.27. The fourth-order valence-electron chi connectivity index (χ4n) is 1.84. The summed E-state index contributed by atoms with van der Waals surface area (Å²) in [6.45, 7) is 0. The van der Waals surface area contributed by atoms with Gasteiger partial charge in [-0.1, -0.05) is 0 Å². The highest BCUT2D eigenvalue weighted by molar-refractivity contribution is 7.91. The molecule has 0 radical (unpaired) electrons. The molecule has 0 spiro atoms. The second-order valence-electron chi connectivity index (χ2n) is 4.33. The number of rotatable bonds is 2.